The van der Waals surface area contributed by atoms with Gasteiger partial charge in [0.1, 0.15) is 0 Å². The van der Waals surface area contributed by atoms with Crippen LogP contribution < -0.4 is 5.32 Å². The smallest absolute Gasteiger partial charge is 0.0177 e. The lowest BCUT2D eigenvalue weighted by Crippen LogP contribution is -2.24. The van der Waals surface area contributed by atoms with E-state index in [1.54, 1.807) is 0 Å². The third-order valence-corrected chi connectivity index (χ3v) is 4.40. The van der Waals surface area contributed by atoms with E-state index in [0.29, 0.717) is 0 Å². The van der Waals surface area contributed by atoms with Crippen LogP contribution in [0.5, 0.6) is 0 Å². The largest absolute Gasteiger partial charge is 0.317 e. The van der Waals surface area contributed by atoms with Crippen LogP contribution in [0.3, 0.4) is 0 Å². The van der Waals surface area contributed by atoms with Gasteiger partial charge in [0.15, 0.2) is 0 Å². The second-order valence-corrected chi connectivity index (χ2v) is 6.80. The van der Waals surface area contributed by atoms with Crippen LogP contribution in [0.4, 0.5) is 0 Å². The molecule has 0 radical (unpaired) electrons. The Hall–Kier alpha value is 0.01000. The van der Waals surface area contributed by atoms with Gasteiger partial charge in [0.05, 0.1) is 0 Å². The number of thioether (sulfide) groups is 1. The highest BCUT2D eigenvalue weighted by Gasteiger charge is 2.09. The van der Waals surface area contributed by atoms with E-state index >= 15 is 0 Å². The van der Waals surface area contributed by atoms with E-state index < -0.39 is 0 Å². The molecule has 1 atom stereocenters. The van der Waals surface area contributed by atoms with Gasteiger partial charge in [-0.05, 0) is 61.1 Å². The summed E-state index contributed by atoms with van der Waals surface area (Å²) < 4.78 is 1.19. The average molecular weight is 330 g/mol. The zero-order chi connectivity index (χ0) is 13.2. The minimum Gasteiger partial charge on any atom is -0.317 e. The molecule has 0 saturated carbocycles. The van der Waals surface area contributed by atoms with E-state index in [4.69, 9.17) is 0 Å². The summed E-state index contributed by atoms with van der Waals surface area (Å²) in [4.78, 5) is 0. The van der Waals surface area contributed by atoms with Gasteiger partial charge in [-0.25, -0.2) is 0 Å². The quantitative estimate of drug-likeness (QED) is 0.675. The zero-order valence-electron chi connectivity index (χ0n) is 11.4. The molecule has 1 nitrogen and oxygen atoms in total. The van der Waals surface area contributed by atoms with Crippen molar-refractivity contribution in [2.24, 2.45) is 5.92 Å². The van der Waals surface area contributed by atoms with Gasteiger partial charge in [-0.3, -0.25) is 0 Å². The van der Waals surface area contributed by atoms with E-state index in [2.05, 4.69) is 59.4 Å². The molecule has 1 aromatic rings. The van der Waals surface area contributed by atoms with Crippen molar-refractivity contribution in [1.82, 2.24) is 5.32 Å². The standard InChI is InChI=1S/C15H24BrNS/c1-3-17-12-14(8-9-18-4-2)10-13-6-5-7-15(16)11-13/h5-7,11,14,17H,3-4,8-10,12H2,1-2H3. The van der Waals surface area contributed by atoms with Crippen molar-refractivity contribution in [1.29, 1.82) is 0 Å². The lowest BCUT2D eigenvalue weighted by molar-refractivity contribution is 0.470. The topological polar surface area (TPSA) is 12.0 Å². The fraction of sp³-hybridized carbons (Fsp3) is 0.600. The molecule has 102 valence electrons. The highest BCUT2D eigenvalue weighted by atomic mass is 79.9. The van der Waals surface area contributed by atoms with Crippen molar-refractivity contribution in [3.05, 3.63) is 34.3 Å². The summed E-state index contributed by atoms with van der Waals surface area (Å²) >= 11 is 5.60. The Labute approximate surface area is 124 Å². The summed E-state index contributed by atoms with van der Waals surface area (Å²) in [5.74, 6) is 3.25. The Morgan fingerprint density at radius 1 is 1.33 bits per heavy atom. The van der Waals surface area contributed by atoms with Gasteiger partial charge in [-0.15, -0.1) is 0 Å². The number of nitrogens with one attached hydrogen (secondary N) is 1. The first-order valence-electron chi connectivity index (χ1n) is 6.79. The molecule has 3 heteroatoms. The van der Waals surface area contributed by atoms with Gasteiger partial charge < -0.3 is 5.32 Å². The number of rotatable bonds is 9. The van der Waals surface area contributed by atoms with E-state index in [0.717, 1.165) is 19.0 Å². The van der Waals surface area contributed by atoms with Crippen molar-refractivity contribution in [2.45, 2.75) is 26.7 Å². The molecule has 0 fully saturated rings. The van der Waals surface area contributed by atoms with Crippen molar-refractivity contribution < 1.29 is 0 Å². The second kappa shape index (κ2) is 9.88. The first kappa shape index (κ1) is 16.1. The number of hydrogen-bond donors (Lipinski definition) is 1. The van der Waals surface area contributed by atoms with Crippen molar-refractivity contribution in [3.63, 3.8) is 0 Å². The monoisotopic (exact) mass is 329 g/mol. The van der Waals surface area contributed by atoms with Crippen LogP contribution in [-0.4, -0.2) is 24.6 Å². The third-order valence-electron chi connectivity index (χ3n) is 2.97. The average Bonchev–Trinajstić information content (AvgIpc) is 2.36. The highest BCUT2D eigenvalue weighted by Crippen LogP contribution is 2.18. The molecular formula is C15H24BrNS. The Balaban J connectivity index is 2.48. The normalized spacial score (nSPS) is 12.6. The van der Waals surface area contributed by atoms with Crippen LogP contribution in [0.1, 0.15) is 25.8 Å². The van der Waals surface area contributed by atoms with Gasteiger partial charge in [0.2, 0.25) is 0 Å². The molecule has 0 aliphatic heterocycles. The maximum Gasteiger partial charge on any atom is 0.0177 e. The van der Waals surface area contributed by atoms with E-state index in [-0.39, 0.29) is 0 Å². The molecule has 1 rings (SSSR count). The molecule has 0 heterocycles. The fourth-order valence-electron chi connectivity index (χ4n) is 2.02. The minimum absolute atomic E-state index is 0.748. The van der Waals surface area contributed by atoms with Crippen LogP contribution in [0.15, 0.2) is 28.7 Å². The van der Waals surface area contributed by atoms with Crippen LogP contribution >= 0.6 is 27.7 Å². The van der Waals surface area contributed by atoms with E-state index in [9.17, 15) is 0 Å². The van der Waals surface area contributed by atoms with Gasteiger partial charge in [-0.1, -0.05) is 41.9 Å². The first-order chi connectivity index (χ1) is 8.76. The Kier molecular flexibility index (Phi) is 8.82. The van der Waals surface area contributed by atoms with Crippen LogP contribution in [-0.2, 0) is 6.42 Å². The first-order valence-corrected chi connectivity index (χ1v) is 8.74. The lowest BCUT2D eigenvalue weighted by Gasteiger charge is -2.17. The Morgan fingerprint density at radius 3 is 2.83 bits per heavy atom. The van der Waals surface area contributed by atoms with Crippen molar-refractivity contribution in [3.8, 4) is 0 Å². The van der Waals surface area contributed by atoms with Gasteiger partial charge in [0.25, 0.3) is 0 Å². The third kappa shape index (κ3) is 6.81. The maximum absolute atomic E-state index is 3.55. The summed E-state index contributed by atoms with van der Waals surface area (Å²) in [6, 6.07) is 8.70. The fourth-order valence-corrected chi connectivity index (χ4v) is 3.25. The highest BCUT2D eigenvalue weighted by molar-refractivity contribution is 9.10. The summed E-state index contributed by atoms with van der Waals surface area (Å²) in [7, 11) is 0. The predicted molar refractivity (Wildman–Crippen MR) is 87.5 cm³/mol. The Morgan fingerprint density at radius 2 is 2.17 bits per heavy atom. The SMILES string of the molecule is CCNCC(CCSCC)Cc1cccc(Br)c1. The molecule has 18 heavy (non-hydrogen) atoms. The molecule has 1 N–H and O–H groups in total. The lowest BCUT2D eigenvalue weighted by atomic mass is 9.97. The number of halogens is 1. The Bertz CT molecular complexity index is 330. The summed E-state index contributed by atoms with van der Waals surface area (Å²) in [6.07, 6.45) is 2.48. The van der Waals surface area contributed by atoms with Crippen molar-refractivity contribution in [2.75, 3.05) is 24.6 Å². The van der Waals surface area contributed by atoms with E-state index in [1.807, 2.05) is 11.8 Å². The molecule has 1 unspecified atom stereocenters. The molecule has 0 amide bonds. The summed E-state index contributed by atoms with van der Waals surface area (Å²) in [5.41, 5.74) is 1.44. The second-order valence-electron chi connectivity index (χ2n) is 4.49. The van der Waals surface area contributed by atoms with Gasteiger partial charge in [-0.2, -0.15) is 11.8 Å². The van der Waals surface area contributed by atoms with Gasteiger partial charge >= 0.3 is 0 Å². The number of benzene rings is 1. The molecule has 0 aliphatic carbocycles. The number of hydrogen-bond acceptors (Lipinski definition) is 2. The molecule has 0 spiro atoms. The van der Waals surface area contributed by atoms with Crippen LogP contribution in [0.2, 0.25) is 0 Å². The minimum atomic E-state index is 0.748. The summed E-state index contributed by atoms with van der Waals surface area (Å²) in [5, 5.41) is 3.49. The maximum atomic E-state index is 3.55. The van der Waals surface area contributed by atoms with Crippen LogP contribution in [0, 0.1) is 5.92 Å². The molecule has 1 aromatic carbocycles. The van der Waals surface area contributed by atoms with E-state index in [1.165, 1.54) is 34.4 Å². The zero-order valence-corrected chi connectivity index (χ0v) is 13.8. The predicted octanol–water partition coefficient (Wildman–Crippen LogP) is 4.36. The molecule has 0 aliphatic rings. The molecule has 0 bridgehead atoms. The van der Waals surface area contributed by atoms with Crippen LogP contribution in [0.25, 0.3) is 0 Å². The van der Waals surface area contributed by atoms with Gasteiger partial charge in [0, 0.05) is 4.47 Å². The van der Waals surface area contributed by atoms with Crippen molar-refractivity contribution >= 4 is 27.7 Å². The molecule has 0 saturated heterocycles. The summed E-state index contributed by atoms with van der Waals surface area (Å²) in [6.45, 7) is 6.61. The molecular weight excluding hydrogens is 306 g/mol. The molecule has 0 aromatic heterocycles.